The Labute approximate surface area is 425 Å². The van der Waals surface area contributed by atoms with E-state index in [1.165, 1.54) is 18.6 Å². The van der Waals surface area contributed by atoms with Crippen molar-refractivity contribution in [2.24, 2.45) is 11.8 Å². The summed E-state index contributed by atoms with van der Waals surface area (Å²) < 4.78 is 0.398. The number of likely N-dealkylation sites (N-methyl/N-ethyl adjacent to an activating group) is 2. The minimum Gasteiger partial charge on any atom is -0.356 e. The molecule has 0 radical (unpaired) electrons. The first kappa shape index (κ1) is 57.3. The van der Waals surface area contributed by atoms with Gasteiger partial charge in [-0.2, -0.15) is 0 Å². The second kappa shape index (κ2) is 31.1. The number of benzene rings is 2. The lowest BCUT2D eigenvalue weighted by Gasteiger charge is -2.26. The maximum Gasteiger partial charge on any atom is 0.233 e. The molecule has 10 heteroatoms. The molecule has 0 bridgehead atoms. The molecule has 5 rings (SSSR count). The van der Waals surface area contributed by atoms with Crippen LogP contribution in [0.2, 0.25) is 0 Å². The van der Waals surface area contributed by atoms with Crippen molar-refractivity contribution in [1.29, 1.82) is 0 Å². The lowest BCUT2D eigenvalue weighted by molar-refractivity contribution is -0.134. The van der Waals surface area contributed by atoms with Gasteiger partial charge in [0, 0.05) is 62.6 Å². The van der Waals surface area contributed by atoms with Crippen LogP contribution < -0.4 is 10.6 Å². The van der Waals surface area contributed by atoms with Crippen LogP contribution in [0.15, 0.2) is 121 Å². The van der Waals surface area contributed by atoms with E-state index in [1.54, 1.807) is 0 Å². The van der Waals surface area contributed by atoms with Crippen LogP contribution in [-0.4, -0.2) is 83.2 Å². The molecule has 0 aromatic heterocycles. The zero-order valence-electron chi connectivity index (χ0n) is 43.1. The van der Waals surface area contributed by atoms with Crippen LogP contribution in [-0.2, 0) is 30.0 Å². The molecule has 0 spiro atoms. The average Bonchev–Trinajstić information content (AvgIpc) is 4.26. The molecular formula is C59H86N4O4S2. The molecule has 2 N–H and O–H groups in total. The van der Waals surface area contributed by atoms with Crippen molar-refractivity contribution in [3.63, 3.8) is 0 Å². The first-order valence-corrected chi connectivity index (χ1v) is 28.7. The van der Waals surface area contributed by atoms with Crippen molar-refractivity contribution in [1.82, 2.24) is 20.4 Å². The lowest BCUT2D eigenvalue weighted by atomic mass is 9.91. The number of nitrogens with one attached hydrogen (secondary N) is 2. The summed E-state index contributed by atoms with van der Waals surface area (Å²) in [5.74, 6) is 2.18. The predicted octanol–water partition coefficient (Wildman–Crippen LogP) is 12.9. The Bertz CT molecular complexity index is 1990. The number of nitrogens with zero attached hydrogens (tertiary/aromatic N) is 2. The van der Waals surface area contributed by atoms with Crippen molar-refractivity contribution in [2.45, 2.75) is 153 Å². The van der Waals surface area contributed by atoms with Gasteiger partial charge in [0.15, 0.2) is 0 Å². The highest BCUT2D eigenvalue weighted by Gasteiger charge is 2.62. The van der Waals surface area contributed by atoms with Crippen LogP contribution in [0, 0.1) is 11.8 Å². The maximum atomic E-state index is 13.4. The molecule has 1 heterocycles. The second-order valence-electron chi connectivity index (χ2n) is 19.0. The van der Waals surface area contributed by atoms with Gasteiger partial charge in [0.25, 0.3) is 0 Å². The molecule has 1 aliphatic heterocycles. The minimum atomic E-state index is -0.491. The number of amides is 4. The van der Waals surface area contributed by atoms with Crippen molar-refractivity contribution in [3.05, 3.63) is 133 Å². The summed E-state index contributed by atoms with van der Waals surface area (Å²) in [7, 11) is 3.99. The number of allylic oxidation sites excluding steroid dienone is 10. The molecule has 2 aromatic carbocycles. The number of hydrogen-bond acceptors (Lipinski definition) is 6. The third-order valence-corrected chi connectivity index (χ3v) is 17.4. The fourth-order valence-electron chi connectivity index (χ4n) is 9.52. The van der Waals surface area contributed by atoms with Crippen LogP contribution in [0.4, 0.5) is 0 Å². The van der Waals surface area contributed by atoms with Gasteiger partial charge in [-0.05, 0) is 135 Å². The smallest absolute Gasteiger partial charge is 0.233 e. The van der Waals surface area contributed by atoms with Gasteiger partial charge in [-0.25, -0.2) is 0 Å². The van der Waals surface area contributed by atoms with Crippen molar-refractivity contribution >= 4 is 45.2 Å². The fourth-order valence-corrected chi connectivity index (χ4v) is 12.8. The quantitative estimate of drug-likeness (QED) is 0.0460. The van der Waals surface area contributed by atoms with Gasteiger partial charge in [-0.15, -0.1) is 0 Å². The van der Waals surface area contributed by atoms with Crippen LogP contribution in [0.5, 0.6) is 0 Å². The zero-order valence-corrected chi connectivity index (χ0v) is 44.7. The van der Waals surface area contributed by atoms with Crippen molar-refractivity contribution in [3.8, 4) is 0 Å². The van der Waals surface area contributed by atoms with Crippen LogP contribution in [0.1, 0.15) is 149 Å². The highest BCUT2D eigenvalue weighted by molar-refractivity contribution is 8.77. The molecule has 3 aliphatic rings. The molecule has 2 aliphatic carbocycles. The van der Waals surface area contributed by atoms with E-state index >= 15 is 0 Å². The molecule has 5 atom stereocenters. The number of hydrogen-bond donors (Lipinski definition) is 2. The molecule has 1 saturated heterocycles. The predicted molar refractivity (Wildman–Crippen MR) is 294 cm³/mol. The van der Waals surface area contributed by atoms with Gasteiger partial charge in [0.05, 0.1) is 10.8 Å². The van der Waals surface area contributed by atoms with Gasteiger partial charge >= 0.3 is 0 Å². The van der Waals surface area contributed by atoms with Crippen molar-refractivity contribution < 1.29 is 19.2 Å². The van der Waals surface area contributed by atoms with Gasteiger partial charge in [-0.3, -0.25) is 19.2 Å². The standard InChI is InChI=1S/C35H50N2O2.C24H36N2O2S2/c1-4-7-8-9-10-11-12-13-14-15-16-17-18-19-20-21-25-28-33(38)36-30-32-29-35(32,31-26-23-22-24-27-31)34(39)37(5-2)6-3;1-4-26(5-2)22(28)24(19-11-7-6-8-12-19)17-20(24)18-25-21(27)13-9-10-14-23(3)15-16-29-30-23/h7-8,10-11,13-14,16-17,19-20,22-24,26-27,32H,4-6,9,12,15,18,21,25,28-30H2,1-3H3,(H,36,38);6-8,11-12,20H,4-5,9-10,13-18H2,1-3H3,(H,25,27)/b8-7-,11-10-,14-13-,17-16-,20-19-;/t32?,35-;20?,23-,24+/m01/s1. The first-order valence-electron chi connectivity index (χ1n) is 26.3. The lowest BCUT2D eigenvalue weighted by Crippen LogP contribution is -2.41. The SMILES string of the molecule is CC/C=C\C/C=C\C/C=C\C/C=C\C/C=C\CCCC(=O)NCC1C[C@]1(C(=O)N(CC)CC)c1ccccc1.CCN(CC)C(=O)[C@]1(c2ccccc2)CC1CNC(=O)CCCC[C@]1(C)CCSS1. The zero-order chi connectivity index (χ0) is 49.8. The van der Waals surface area contributed by atoms with Gasteiger partial charge in [-0.1, -0.05) is 156 Å². The summed E-state index contributed by atoms with van der Waals surface area (Å²) in [6.07, 6.45) is 35.9. The summed E-state index contributed by atoms with van der Waals surface area (Å²) in [6.45, 7) is 16.6. The van der Waals surface area contributed by atoms with E-state index in [0.29, 0.717) is 43.8 Å². The van der Waals surface area contributed by atoms with Crippen LogP contribution in [0.3, 0.4) is 0 Å². The average molecular weight is 979 g/mol. The third-order valence-electron chi connectivity index (χ3n) is 14.0. The summed E-state index contributed by atoms with van der Waals surface area (Å²) in [4.78, 5) is 55.4. The van der Waals surface area contributed by atoms with E-state index in [4.69, 9.17) is 0 Å². The highest BCUT2D eigenvalue weighted by Crippen LogP contribution is 2.56. The first-order chi connectivity index (χ1) is 33.5. The number of unbranched alkanes of at least 4 members (excludes halogenated alkanes) is 2. The summed E-state index contributed by atoms with van der Waals surface area (Å²) in [5.41, 5.74) is 1.20. The van der Waals surface area contributed by atoms with Gasteiger partial charge in [0.1, 0.15) is 0 Å². The normalized spacial score (nSPS) is 22.9. The monoisotopic (exact) mass is 979 g/mol. The Morgan fingerprint density at radius 3 is 1.41 bits per heavy atom. The van der Waals surface area contributed by atoms with E-state index < -0.39 is 10.8 Å². The molecular weight excluding hydrogens is 893 g/mol. The Morgan fingerprint density at radius 2 is 1.00 bits per heavy atom. The molecule has 8 nitrogen and oxygen atoms in total. The molecule has 378 valence electrons. The van der Waals surface area contributed by atoms with E-state index in [-0.39, 0.29) is 35.5 Å². The Hall–Kier alpha value is -4.28. The second-order valence-corrected chi connectivity index (χ2v) is 22.0. The van der Waals surface area contributed by atoms with E-state index in [1.807, 2.05) is 95.5 Å². The van der Waals surface area contributed by atoms with E-state index in [0.717, 1.165) is 94.8 Å². The number of rotatable bonds is 30. The fraction of sp³-hybridized carbons (Fsp3) is 0.559. The number of carbonyl (C=O) groups is 4. The third kappa shape index (κ3) is 18.1. The molecule has 2 unspecified atom stereocenters. The Balaban J connectivity index is 0.000000310. The summed E-state index contributed by atoms with van der Waals surface area (Å²) in [6, 6.07) is 20.2. The minimum absolute atomic E-state index is 0.0755. The topological polar surface area (TPSA) is 98.8 Å². The Morgan fingerprint density at radius 1 is 0.580 bits per heavy atom. The molecule has 3 fully saturated rings. The number of carbonyl (C=O) groups excluding carboxylic acids is 4. The van der Waals surface area contributed by atoms with Gasteiger partial charge in [0.2, 0.25) is 23.6 Å². The van der Waals surface area contributed by atoms with Crippen molar-refractivity contribution in [2.75, 3.05) is 45.0 Å². The van der Waals surface area contributed by atoms with Crippen LogP contribution >= 0.6 is 21.6 Å². The van der Waals surface area contributed by atoms with E-state index in [2.05, 4.69) is 110 Å². The Kier molecular flexibility index (Phi) is 25.9. The highest BCUT2D eigenvalue weighted by atomic mass is 33.1. The maximum absolute atomic E-state index is 13.4. The van der Waals surface area contributed by atoms with E-state index in [9.17, 15) is 19.2 Å². The van der Waals surface area contributed by atoms with Crippen LogP contribution in [0.25, 0.3) is 0 Å². The molecule has 2 aromatic rings. The van der Waals surface area contributed by atoms with Gasteiger partial charge < -0.3 is 20.4 Å². The molecule has 4 amide bonds. The summed E-state index contributed by atoms with van der Waals surface area (Å²) in [5, 5.41) is 6.21. The molecule has 2 saturated carbocycles. The molecule has 69 heavy (non-hydrogen) atoms. The summed E-state index contributed by atoms with van der Waals surface area (Å²) >= 11 is 0. The largest absolute Gasteiger partial charge is 0.356 e.